The smallest absolute Gasteiger partial charge is 0.337 e. The SMILES string of the molecule is Cc1ccccc1Sc1cc(=O)oc2c(C)c(O)ccc12. The topological polar surface area (TPSA) is 50.4 Å². The van der Waals surface area contributed by atoms with Crippen LogP contribution in [0.3, 0.4) is 0 Å². The van der Waals surface area contributed by atoms with E-state index in [0.717, 1.165) is 20.7 Å². The van der Waals surface area contributed by atoms with Crippen LogP contribution in [0.1, 0.15) is 11.1 Å². The van der Waals surface area contributed by atoms with Crippen molar-refractivity contribution >= 4 is 22.7 Å². The van der Waals surface area contributed by atoms with Gasteiger partial charge in [-0.05, 0) is 37.6 Å². The number of hydrogen-bond acceptors (Lipinski definition) is 4. The van der Waals surface area contributed by atoms with Gasteiger partial charge >= 0.3 is 5.63 Å². The molecule has 0 bridgehead atoms. The third kappa shape index (κ3) is 2.54. The molecule has 1 aromatic heterocycles. The molecule has 1 heterocycles. The molecular formula is C17H14O3S. The van der Waals surface area contributed by atoms with Gasteiger partial charge in [-0.25, -0.2) is 4.79 Å². The molecule has 3 nitrogen and oxygen atoms in total. The largest absolute Gasteiger partial charge is 0.508 e. The minimum Gasteiger partial charge on any atom is -0.508 e. The lowest BCUT2D eigenvalue weighted by Gasteiger charge is -2.09. The number of fused-ring (bicyclic) bond motifs is 1. The quantitative estimate of drug-likeness (QED) is 0.718. The lowest BCUT2D eigenvalue weighted by molar-refractivity contribution is 0.468. The number of phenolic OH excluding ortho intramolecular Hbond substituents is 1. The highest BCUT2D eigenvalue weighted by Gasteiger charge is 2.12. The Morgan fingerprint density at radius 1 is 1.05 bits per heavy atom. The molecule has 4 heteroatoms. The molecule has 2 aromatic carbocycles. The fourth-order valence-corrected chi connectivity index (χ4v) is 3.23. The lowest BCUT2D eigenvalue weighted by Crippen LogP contribution is -1.98. The molecular weight excluding hydrogens is 284 g/mol. The van der Waals surface area contributed by atoms with Crippen molar-refractivity contribution in [3.63, 3.8) is 0 Å². The summed E-state index contributed by atoms with van der Waals surface area (Å²) in [6, 6.07) is 12.9. The van der Waals surface area contributed by atoms with Crippen molar-refractivity contribution in [2.75, 3.05) is 0 Å². The van der Waals surface area contributed by atoms with Gasteiger partial charge in [0, 0.05) is 26.8 Å². The Balaban J connectivity index is 2.21. The van der Waals surface area contributed by atoms with E-state index in [1.807, 2.05) is 31.2 Å². The summed E-state index contributed by atoms with van der Waals surface area (Å²) in [4.78, 5) is 13.7. The summed E-state index contributed by atoms with van der Waals surface area (Å²) < 4.78 is 5.25. The molecule has 106 valence electrons. The summed E-state index contributed by atoms with van der Waals surface area (Å²) in [5.74, 6) is 0.128. The van der Waals surface area contributed by atoms with Crippen LogP contribution in [0.5, 0.6) is 5.75 Å². The molecule has 0 aliphatic carbocycles. The molecule has 3 rings (SSSR count). The molecule has 1 N–H and O–H groups in total. The maximum absolute atomic E-state index is 11.8. The molecule has 3 aromatic rings. The van der Waals surface area contributed by atoms with Gasteiger partial charge in [-0.15, -0.1) is 0 Å². The fourth-order valence-electron chi connectivity index (χ4n) is 2.20. The lowest BCUT2D eigenvalue weighted by atomic mass is 10.1. The number of aryl methyl sites for hydroxylation is 2. The number of aromatic hydroxyl groups is 1. The second-order valence-electron chi connectivity index (χ2n) is 4.88. The summed E-state index contributed by atoms with van der Waals surface area (Å²) >= 11 is 1.53. The third-order valence-corrected chi connectivity index (χ3v) is 4.64. The Hall–Kier alpha value is -2.20. The van der Waals surface area contributed by atoms with Gasteiger partial charge in [0.05, 0.1) is 0 Å². The normalized spacial score (nSPS) is 11.0. The maximum Gasteiger partial charge on any atom is 0.337 e. The maximum atomic E-state index is 11.8. The van der Waals surface area contributed by atoms with Crippen LogP contribution in [0.4, 0.5) is 0 Å². The highest BCUT2D eigenvalue weighted by atomic mass is 32.2. The monoisotopic (exact) mass is 298 g/mol. The highest BCUT2D eigenvalue weighted by molar-refractivity contribution is 7.99. The van der Waals surface area contributed by atoms with Crippen molar-refractivity contribution in [2.45, 2.75) is 23.6 Å². The van der Waals surface area contributed by atoms with Crippen molar-refractivity contribution in [1.29, 1.82) is 0 Å². The van der Waals surface area contributed by atoms with E-state index in [1.54, 1.807) is 19.1 Å². The van der Waals surface area contributed by atoms with Gasteiger partial charge in [0.1, 0.15) is 11.3 Å². The second-order valence-corrected chi connectivity index (χ2v) is 5.97. The number of hydrogen-bond donors (Lipinski definition) is 1. The van der Waals surface area contributed by atoms with Gasteiger partial charge in [0.25, 0.3) is 0 Å². The molecule has 0 unspecified atom stereocenters. The van der Waals surface area contributed by atoms with Gasteiger partial charge in [-0.2, -0.15) is 0 Å². The van der Waals surface area contributed by atoms with Crippen LogP contribution in [0, 0.1) is 13.8 Å². The van der Waals surface area contributed by atoms with E-state index in [2.05, 4.69) is 0 Å². The number of benzene rings is 2. The molecule has 0 amide bonds. The predicted octanol–water partition coefficient (Wildman–Crippen LogP) is 4.27. The Labute approximate surface area is 126 Å². The summed E-state index contributed by atoms with van der Waals surface area (Å²) in [6.45, 7) is 3.77. The Morgan fingerprint density at radius 3 is 2.57 bits per heavy atom. The van der Waals surface area contributed by atoms with E-state index < -0.39 is 5.63 Å². The minimum atomic E-state index is -0.410. The standard InChI is InChI=1S/C17H14O3S/c1-10-5-3-4-6-14(10)21-15-9-16(19)20-17-11(2)13(18)8-7-12(15)17/h3-9,18H,1-2H3. The molecule has 21 heavy (non-hydrogen) atoms. The molecule has 0 radical (unpaired) electrons. The summed E-state index contributed by atoms with van der Waals surface area (Å²) in [5, 5.41) is 10.6. The minimum absolute atomic E-state index is 0.128. The van der Waals surface area contributed by atoms with Crippen LogP contribution < -0.4 is 5.63 Å². The van der Waals surface area contributed by atoms with E-state index >= 15 is 0 Å². The third-order valence-electron chi connectivity index (χ3n) is 3.41. The predicted molar refractivity (Wildman–Crippen MR) is 84.2 cm³/mol. The van der Waals surface area contributed by atoms with Crippen LogP contribution >= 0.6 is 11.8 Å². The summed E-state index contributed by atoms with van der Waals surface area (Å²) in [6.07, 6.45) is 0. The summed E-state index contributed by atoms with van der Waals surface area (Å²) in [5.41, 5.74) is 1.77. The van der Waals surface area contributed by atoms with Crippen molar-refractivity contribution in [1.82, 2.24) is 0 Å². The highest BCUT2D eigenvalue weighted by Crippen LogP contribution is 2.36. The molecule has 0 fully saturated rings. The first-order chi connectivity index (χ1) is 10.1. The Kier molecular flexibility index (Phi) is 3.47. The average molecular weight is 298 g/mol. The molecule has 0 saturated heterocycles. The van der Waals surface area contributed by atoms with E-state index in [9.17, 15) is 9.90 Å². The van der Waals surface area contributed by atoms with Crippen LogP contribution in [0.2, 0.25) is 0 Å². The second kappa shape index (κ2) is 5.30. The van der Waals surface area contributed by atoms with E-state index in [1.165, 1.54) is 17.8 Å². The summed E-state index contributed by atoms with van der Waals surface area (Å²) in [7, 11) is 0. The van der Waals surface area contributed by atoms with Gasteiger partial charge in [0.2, 0.25) is 0 Å². The molecule has 0 atom stereocenters. The average Bonchev–Trinajstić information content (AvgIpc) is 2.46. The van der Waals surface area contributed by atoms with Gasteiger partial charge in [-0.1, -0.05) is 30.0 Å². The first-order valence-corrected chi connectivity index (χ1v) is 7.38. The van der Waals surface area contributed by atoms with Crippen LogP contribution in [0.15, 0.2) is 61.5 Å². The Morgan fingerprint density at radius 2 is 1.81 bits per heavy atom. The first-order valence-electron chi connectivity index (χ1n) is 6.56. The van der Waals surface area contributed by atoms with Crippen LogP contribution in [-0.4, -0.2) is 5.11 Å². The van der Waals surface area contributed by atoms with E-state index in [4.69, 9.17) is 4.42 Å². The van der Waals surface area contributed by atoms with Crippen molar-refractivity contribution in [3.8, 4) is 5.75 Å². The molecule has 0 spiro atoms. The zero-order valence-electron chi connectivity index (χ0n) is 11.7. The van der Waals surface area contributed by atoms with Crippen LogP contribution in [-0.2, 0) is 0 Å². The molecule has 0 aliphatic heterocycles. The Bertz CT molecular complexity index is 881. The van der Waals surface area contributed by atoms with Crippen molar-refractivity contribution in [2.24, 2.45) is 0 Å². The van der Waals surface area contributed by atoms with Gasteiger partial charge in [0.15, 0.2) is 0 Å². The van der Waals surface area contributed by atoms with Crippen molar-refractivity contribution in [3.05, 3.63) is 64.0 Å². The van der Waals surface area contributed by atoms with E-state index in [-0.39, 0.29) is 5.75 Å². The first kappa shape index (κ1) is 13.8. The number of phenols is 1. The van der Waals surface area contributed by atoms with E-state index in [0.29, 0.717) is 11.1 Å². The molecule has 0 aliphatic rings. The zero-order valence-corrected chi connectivity index (χ0v) is 12.5. The fraction of sp³-hybridized carbons (Fsp3) is 0.118. The van der Waals surface area contributed by atoms with Gasteiger partial charge in [-0.3, -0.25) is 0 Å². The number of rotatable bonds is 2. The van der Waals surface area contributed by atoms with Gasteiger partial charge < -0.3 is 9.52 Å². The molecule has 0 saturated carbocycles. The van der Waals surface area contributed by atoms with Crippen molar-refractivity contribution < 1.29 is 9.52 Å². The zero-order chi connectivity index (χ0) is 15.0. The van der Waals surface area contributed by atoms with Crippen LogP contribution in [0.25, 0.3) is 11.0 Å².